The second-order valence-corrected chi connectivity index (χ2v) is 9.84. The monoisotopic (exact) mass is 551 g/mol. The van der Waals surface area contributed by atoms with Gasteiger partial charge in [-0.1, -0.05) is 41.9 Å². The standard InChI is InChI=1S/C25H18ClN5O6S/c26-17-9-12-23(28-14-17)30-25(33)20-11-10-18(31(34)35)13-21(20)29-24(32)16-7-5-15(6-8-16)19-3-1-2-4-22(19)38(27,36)37/h1-14H,(H,29,32)(H2,27,36,37)(H,28,30,33). The Kier molecular flexibility index (Phi) is 7.48. The van der Waals surface area contributed by atoms with Crippen LogP contribution in [0.15, 0.2) is 90.0 Å². The summed E-state index contributed by atoms with van der Waals surface area (Å²) in [6.45, 7) is 0. The number of pyridine rings is 1. The van der Waals surface area contributed by atoms with Crippen molar-refractivity contribution in [3.8, 4) is 11.1 Å². The number of nitro benzene ring substituents is 1. The maximum atomic E-state index is 13.0. The zero-order chi connectivity index (χ0) is 27.4. The van der Waals surface area contributed by atoms with Gasteiger partial charge in [0, 0.05) is 29.5 Å². The van der Waals surface area contributed by atoms with Crippen LogP contribution in [0, 0.1) is 10.1 Å². The molecule has 38 heavy (non-hydrogen) atoms. The minimum Gasteiger partial charge on any atom is -0.321 e. The molecule has 13 heteroatoms. The van der Waals surface area contributed by atoms with Crippen molar-refractivity contribution in [3.05, 3.63) is 111 Å². The van der Waals surface area contributed by atoms with Gasteiger partial charge in [0.2, 0.25) is 10.0 Å². The van der Waals surface area contributed by atoms with Gasteiger partial charge in [0.05, 0.1) is 26.1 Å². The maximum absolute atomic E-state index is 13.0. The Morgan fingerprint density at radius 1 is 0.921 bits per heavy atom. The molecule has 4 rings (SSSR count). The molecular weight excluding hydrogens is 534 g/mol. The van der Waals surface area contributed by atoms with Gasteiger partial charge < -0.3 is 10.6 Å². The number of halogens is 1. The van der Waals surface area contributed by atoms with Gasteiger partial charge in [-0.2, -0.15) is 0 Å². The Morgan fingerprint density at radius 3 is 2.26 bits per heavy atom. The maximum Gasteiger partial charge on any atom is 0.271 e. The van der Waals surface area contributed by atoms with Crippen molar-refractivity contribution in [2.45, 2.75) is 4.90 Å². The van der Waals surface area contributed by atoms with E-state index in [-0.39, 0.29) is 33.2 Å². The zero-order valence-electron chi connectivity index (χ0n) is 19.3. The molecule has 0 bridgehead atoms. The van der Waals surface area contributed by atoms with Crippen molar-refractivity contribution in [3.63, 3.8) is 0 Å². The van der Waals surface area contributed by atoms with Crippen LogP contribution in [-0.4, -0.2) is 30.1 Å². The lowest BCUT2D eigenvalue weighted by Gasteiger charge is -2.12. The molecule has 0 atom stereocenters. The van der Waals surface area contributed by atoms with Crippen LogP contribution in [0.1, 0.15) is 20.7 Å². The molecule has 0 aliphatic heterocycles. The summed E-state index contributed by atoms with van der Waals surface area (Å²) in [5, 5.41) is 22.0. The molecule has 1 heterocycles. The summed E-state index contributed by atoms with van der Waals surface area (Å²) in [7, 11) is -3.98. The Bertz CT molecular complexity index is 1660. The van der Waals surface area contributed by atoms with E-state index >= 15 is 0 Å². The minimum absolute atomic E-state index is 0.0422. The number of benzene rings is 3. The van der Waals surface area contributed by atoms with E-state index in [1.165, 1.54) is 54.7 Å². The number of anilines is 2. The highest BCUT2D eigenvalue weighted by atomic mass is 35.5. The molecule has 2 amide bonds. The largest absolute Gasteiger partial charge is 0.321 e. The van der Waals surface area contributed by atoms with E-state index in [4.69, 9.17) is 16.7 Å². The molecule has 11 nitrogen and oxygen atoms in total. The second kappa shape index (κ2) is 10.8. The highest BCUT2D eigenvalue weighted by Gasteiger charge is 2.20. The number of rotatable bonds is 7. The minimum atomic E-state index is -3.98. The molecule has 0 aliphatic carbocycles. The summed E-state index contributed by atoms with van der Waals surface area (Å²) >= 11 is 5.81. The first-order chi connectivity index (χ1) is 18.0. The number of hydrogen-bond acceptors (Lipinski definition) is 7. The van der Waals surface area contributed by atoms with Crippen LogP contribution in [0.25, 0.3) is 11.1 Å². The molecule has 0 aliphatic rings. The summed E-state index contributed by atoms with van der Waals surface area (Å²) in [6, 6.07) is 18.5. The van der Waals surface area contributed by atoms with Gasteiger partial charge >= 0.3 is 0 Å². The smallest absolute Gasteiger partial charge is 0.271 e. The van der Waals surface area contributed by atoms with Crippen molar-refractivity contribution >= 4 is 50.6 Å². The van der Waals surface area contributed by atoms with E-state index in [1.807, 2.05) is 0 Å². The third-order valence-electron chi connectivity index (χ3n) is 5.33. The third kappa shape index (κ3) is 6.00. The predicted octanol–water partition coefficient (Wildman–Crippen LogP) is 4.46. The predicted molar refractivity (Wildman–Crippen MR) is 142 cm³/mol. The molecule has 192 valence electrons. The summed E-state index contributed by atoms with van der Waals surface area (Å²) in [5.74, 6) is -1.14. The highest BCUT2D eigenvalue weighted by molar-refractivity contribution is 7.89. The van der Waals surface area contributed by atoms with Gasteiger partial charge in [-0.15, -0.1) is 0 Å². The molecule has 0 saturated heterocycles. The third-order valence-corrected chi connectivity index (χ3v) is 6.52. The fourth-order valence-corrected chi connectivity index (χ4v) is 4.40. The number of nitrogens with one attached hydrogen (secondary N) is 2. The molecule has 3 aromatic carbocycles. The first kappa shape index (κ1) is 26.4. The van der Waals surface area contributed by atoms with Gasteiger partial charge in [0.1, 0.15) is 5.82 Å². The molecule has 4 aromatic rings. The quantitative estimate of drug-likeness (QED) is 0.224. The van der Waals surface area contributed by atoms with E-state index in [9.17, 15) is 28.1 Å². The number of nitrogens with zero attached hydrogens (tertiary/aromatic N) is 2. The van der Waals surface area contributed by atoms with Crippen LogP contribution in [0.5, 0.6) is 0 Å². The number of sulfonamides is 1. The summed E-state index contributed by atoms with van der Waals surface area (Å²) < 4.78 is 23.8. The molecule has 1 aromatic heterocycles. The Labute approximate surface area is 221 Å². The molecule has 0 unspecified atom stereocenters. The number of carbonyl (C=O) groups is 2. The van der Waals surface area contributed by atoms with E-state index in [2.05, 4.69) is 15.6 Å². The van der Waals surface area contributed by atoms with Gasteiger partial charge in [0.25, 0.3) is 17.5 Å². The zero-order valence-corrected chi connectivity index (χ0v) is 20.9. The van der Waals surface area contributed by atoms with E-state index in [0.717, 1.165) is 12.1 Å². The summed E-state index contributed by atoms with van der Waals surface area (Å²) in [5.41, 5.74) is 0.529. The molecule has 4 N–H and O–H groups in total. The fourth-order valence-electron chi connectivity index (χ4n) is 3.53. The van der Waals surface area contributed by atoms with Gasteiger partial charge in [0.15, 0.2) is 0 Å². The van der Waals surface area contributed by atoms with Crippen LogP contribution in [-0.2, 0) is 10.0 Å². The van der Waals surface area contributed by atoms with E-state index < -0.39 is 26.8 Å². The number of nitro groups is 1. The van der Waals surface area contributed by atoms with Gasteiger partial charge in [-0.3, -0.25) is 19.7 Å². The number of non-ortho nitro benzene ring substituents is 1. The topological polar surface area (TPSA) is 174 Å². The Balaban J connectivity index is 1.61. The van der Waals surface area contributed by atoms with E-state index in [0.29, 0.717) is 16.1 Å². The van der Waals surface area contributed by atoms with Crippen molar-refractivity contribution < 1.29 is 22.9 Å². The first-order valence-corrected chi connectivity index (χ1v) is 12.7. The Hall–Kier alpha value is -4.65. The lowest BCUT2D eigenvalue weighted by molar-refractivity contribution is -0.384. The van der Waals surface area contributed by atoms with Gasteiger partial charge in [-0.25, -0.2) is 18.5 Å². The molecule has 0 spiro atoms. The highest BCUT2D eigenvalue weighted by Crippen LogP contribution is 2.28. The van der Waals surface area contributed by atoms with Crippen LogP contribution in [0.2, 0.25) is 5.02 Å². The number of hydrogen-bond donors (Lipinski definition) is 3. The van der Waals surface area contributed by atoms with Crippen molar-refractivity contribution in [1.82, 2.24) is 4.98 Å². The SMILES string of the molecule is NS(=O)(=O)c1ccccc1-c1ccc(C(=O)Nc2cc([N+](=O)[O-])ccc2C(=O)Nc2ccc(Cl)cn2)cc1. The van der Waals surface area contributed by atoms with Crippen molar-refractivity contribution in [2.24, 2.45) is 5.14 Å². The average Bonchev–Trinajstić information content (AvgIpc) is 2.89. The first-order valence-electron chi connectivity index (χ1n) is 10.8. The average molecular weight is 552 g/mol. The van der Waals surface area contributed by atoms with Crippen LogP contribution in [0.4, 0.5) is 17.2 Å². The fraction of sp³-hybridized carbons (Fsp3) is 0. The molecule has 0 saturated carbocycles. The normalized spacial score (nSPS) is 11.0. The number of nitrogens with two attached hydrogens (primary N) is 1. The number of amides is 2. The lowest BCUT2D eigenvalue weighted by atomic mass is 10.0. The number of aromatic nitrogens is 1. The van der Waals surface area contributed by atoms with Crippen molar-refractivity contribution in [1.29, 1.82) is 0 Å². The van der Waals surface area contributed by atoms with Crippen LogP contribution >= 0.6 is 11.6 Å². The van der Waals surface area contributed by atoms with E-state index in [1.54, 1.807) is 18.2 Å². The number of carbonyl (C=O) groups excluding carboxylic acids is 2. The Morgan fingerprint density at radius 2 is 1.63 bits per heavy atom. The summed E-state index contributed by atoms with van der Waals surface area (Å²) in [4.78, 5) is 40.4. The summed E-state index contributed by atoms with van der Waals surface area (Å²) in [6.07, 6.45) is 1.33. The molecule has 0 radical (unpaired) electrons. The van der Waals surface area contributed by atoms with Crippen LogP contribution < -0.4 is 15.8 Å². The van der Waals surface area contributed by atoms with Gasteiger partial charge in [-0.05, 0) is 42.0 Å². The van der Waals surface area contributed by atoms with Crippen LogP contribution in [0.3, 0.4) is 0 Å². The van der Waals surface area contributed by atoms with Crippen molar-refractivity contribution in [2.75, 3.05) is 10.6 Å². The number of primary sulfonamides is 1. The second-order valence-electron chi connectivity index (χ2n) is 7.88. The molecular formula is C25H18ClN5O6S. The molecule has 0 fully saturated rings. The lowest BCUT2D eigenvalue weighted by Crippen LogP contribution is -2.19.